The van der Waals surface area contributed by atoms with Crippen molar-refractivity contribution >= 4 is 17.5 Å². The monoisotopic (exact) mass is 341 g/mol. The van der Waals surface area contributed by atoms with Gasteiger partial charge in [-0.15, -0.1) is 0 Å². The summed E-state index contributed by atoms with van der Waals surface area (Å²) in [6.07, 6.45) is 0. The summed E-state index contributed by atoms with van der Waals surface area (Å²) in [5, 5.41) is 7.38. The molecule has 0 bridgehead atoms. The second-order valence-corrected chi connectivity index (χ2v) is 5.96. The fourth-order valence-corrected chi connectivity index (χ4v) is 2.30. The number of carbonyl (C=O) groups excluding carboxylic acids is 1. The van der Waals surface area contributed by atoms with E-state index in [-0.39, 0.29) is 5.91 Å². The molecule has 5 nitrogen and oxygen atoms in total. The number of hydrogen-bond acceptors (Lipinski definition) is 4. The molecule has 0 aliphatic carbocycles. The van der Waals surface area contributed by atoms with Crippen molar-refractivity contribution in [1.29, 1.82) is 0 Å². The molecule has 1 amide bonds. The number of hydrogen-bond donors (Lipinski definition) is 1. The van der Waals surface area contributed by atoms with Crippen LogP contribution in [0.3, 0.4) is 0 Å². The number of rotatable bonds is 4. The van der Waals surface area contributed by atoms with Crippen molar-refractivity contribution in [2.45, 2.75) is 19.9 Å². The maximum atomic E-state index is 12.2. The summed E-state index contributed by atoms with van der Waals surface area (Å²) in [5.41, 5.74) is 2.54. The topological polar surface area (TPSA) is 68.0 Å². The first-order chi connectivity index (χ1) is 11.5. The maximum absolute atomic E-state index is 12.2. The van der Waals surface area contributed by atoms with Crippen molar-refractivity contribution in [3.63, 3.8) is 0 Å². The number of nitrogens with one attached hydrogen (secondary N) is 1. The number of halogens is 1. The minimum atomic E-state index is -0.403. The van der Waals surface area contributed by atoms with Crippen molar-refractivity contribution in [3.05, 3.63) is 70.6 Å². The van der Waals surface area contributed by atoms with Crippen LogP contribution in [0.4, 0.5) is 0 Å². The highest BCUT2D eigenvalue weighted by Gasteiger charge is 2.18. The molecule has 3 rings (SSSR count). The Balaban J connectivity index is 1.71. The van der Waals surface area contributed by atoms with Crippen LogP contribution in [-0.2, 0) is 0 Å². The molecular weight excluding hydrogens is 326 g/mol. The first-order valence-electron chi connectivity index (χ1n) is 7.50. The van der Waals surface area contributed by atoms with Gasteiger partial charge in [-0.25, -0.2) is 0 Å². The molecule has 0 aliphatic rings. The van der Waals surface area contributed by atoms with E-state index in [0.29, 0.717) is 22.3 Å². The van der Waals surface area contributed by atoms with Gasteiger partial charge in [-0.3, -0.25) is 4.79 Å². The second-order valence-electron chi connectivity index (χ2n) is 5.52. The maximum Gasteiger partial charge on any atom is 0.251 e. The van der Waals surface area contributed by atoms with Crippen LogP contribution >= 0.6 is 11.6 Å². The smallest absolute Gasteiger partial charge is 0.251 e. The third-order valence-corrected chi connectivity index (χ3v) is 3.83. The molecule has 0 saturated carbocycles. The minimum absolute atomic E-state index is 0.228. The van der Waals surface area contributed by atoms with E-state index in [1.54, 1.807) is 31.2 Å². The summed E-state index contributed by atoms with van der Waals surface area (Å²) in [5.74, 6) is 0.625. The predicted octanol–water partition coefficient (Wildman–Crippen LogP) is 4.19. The Morgan fingerprint density at radius 1 is 1.12 bits per heavy atom. The summed E-state index contributed by atoms with van der Waals surface area (Å²) >= 11 is 5.82. The average Bonchev–Trinajstić information content (AvgIpc) is 3.06. The Bertz CT molecular complexity index is 841. The summed E-state index contributed by atoms with van der Waals surface area (Å²) in [7, 11) is 0. The summed E-state index contributed by atoms with van der Waals surface area (Å²) in [6, 6.07) is 14.1. The van der Waals surface area contributed by atoms with E-state index in [1.807, 2.05) is 31.2 Å². The van der Waals surface area contributed by atoms with Crippen molar-refractivity contribution in [2.75, 3.05) is 0 Å². The predicted molar refractivity (Wildman–Crippen MR) is 91.8 cm³/mol. The molecule has 122 valence electrons. The lowest BCUT2D eigenvalue weighted by Crippen LogP contribution is -2.26. The van der Waals surface area contributed by atoms with Gasteiger partial charge in [-0.1, -0.05) is 46.6 Å². The van der Waals surface area contributed by atoms with Gasteiger partial charge >= 0.3 is 0 Å². The van der Waals surface area contributed by atoms with E-state index in [9.17, 15) is 4.79 Å². The molecule has 0 spiro atoms. The Morgan fingerprint density at radius 3 is 2.46 bits per heavy atom. The number of nitrogens with zero attached hydrogens (tertiary/aromatic N) is 2. The molecule has 0 aliphatic heterocycles. The Hall–Kier alpha value is -2.66. The van der Waals surface area contributed by atoms with Gasteiger partial charge in [-0.2, -0.15) is 4.98 Å². The normalized spacial score (nSPS) is 12.0. The molecule has 1 heterocycles. The Labute approximate surface area is 144 Å². The fourth-order valence-electron chi connectivity index (χ4n) is 2.17. The lowest BCUT2D eigenvalue weighted by atomic mass is 10.1. The minimum Gasteiger partial charge on any atom is -0.341 e. The number of amides is 1. The van der Waals surface area contributed by atoms with Crippen molar-refractivity contribution < 1.29 is 9.32 Å². The van der Waals surface area contributed by atoms with E-state index in [1.165, 1.54) is 0 Å². The van der Waals surface area contributed by atoms with E-state index in [0.717, 1.165) is 11.1 Å². The molecular formula is C18H16ClN3O2. The highest BCUT2D eigenvalue weighted by atomic mass is 35.5. The zero-order valence-electron chi connectivity index (χ0n) is 13.3. The number of aryl methyl sites for hydroxylation is 1. The molecule has 0 radical (unpaired) electrons. The highest BCUT2D eigenvalue weighted by molar-refractivity contribution is 6.30. The fraction of sp³-hybridized carbons (Fsp3) is 0.167. The van der Waals surface area contributed by atoms with Crippen LogP contribution in [0.15, 0.2) is 53.1 Å². The molecule has 1 aromatic heterocycles. The first kappa shape index (κ1) is 16.2. The molecule has 24 heavy (non-hydrogen) atoms. The van der Waals surface area contributed by atoms with Crippen LogP contribution in [0.2, 0.25) is 5.02 Å². The van der Waals surface area contributed by atoms with Crippen molar-refractivity contribution in [3.8, 4) is 11.4 Å². The Kier molecular flexibility index (Phi) is 4.62. The molecule has 1 atom stereocenters. The molecule has 1 N–H and O–H groups in total. The first-order valence-corrected chi connectivity index (χ1v) is 7.88. The lowest BCUT2D eigenvalue weighted by molar-refractivity contribution is 0.0932. The van der Waals surface area contributed by atoms with Gasteiger partial charge in [0, 0.05) is 16.1 Å². The average molecular weight is 342 g/mol. The van der Waals surface area contributed by atoms with Gasteiger partial charge in [0.25, 0.3) is 5.91 Å². The van der Waals surface area contributed by atoms with Crippen LogP contribution in [0.5, 0.6) is 0 Å². The standard InChI is InChI=1S/C18H16ClN3O2/c1-11-3-5-13(6-4-11)16-21-18(24-22-16)12(2)20-17(23)14-7-9-15(19)10-8-14/h3-10,12H,1-2H3,(H,20,23)/t12-/m1/s1. The quantitative estimate of drug-likeness (QED) is 0.772. The molecule has 6 heteroatoms. The summed E-state index contributed by atoms with van der Waals surface area (Å²) in [4.78, 5) is 16.6. The van der Waals surface area contributed by atoms with Crippen molar-refractivity contribution in [2.24, 2.45) is 0 Å². The van der Waals surface area contributed by atoms with Crippen molar-refractivity contribution in [1.82, 2.24) is 15.5 Å². The third-order valence-electron chi connectivity index (χ3n) is 3.58. The van der Waals surface area contributed by atoms with Gasteiger partial charge < -0.3 is 9.84 Å². The molecule has 0 unspecified atom stereocenters. The van der Waals surface area contributed by atoms with Crippen LogP contribution in [0, 0.1) is 6.92 Å². The molecule has 0 saturated heterocycles. The zero-order valence-corrected chi connectivity index (χ0v) is 14.0. The highest BCUT2D eigenvalue weighted by Crippen LogP contribution is 2.19. The van der Waals surface area contributed by atoms with Gasteiger partial charge in [0.1, 0.15) is 6.04 Å². The van der Waals surface area contributed by atoms with Gasteiger partial charge in [0.2, 0.25) is 11.7 Å². The molecule has 0 fully saturated rings. The second kappa shape index (κ2) is 6.84. The van der Waals surface area contributed by atoms with E-state index >= 15 is 0 Å². The zero-order chi connectivity index (χ0) is 17.1. The third kappa shape index (κ3) is 3.63. The number of benzene rings is 2. The van der Waals surface area contributed by atoms with Crippen LogP contribution < -0.4 is 5.32 Å². The SMILES string of the molecule is Cc1ccc(-c2noc([C@@H](C)NC(=O)c3ccc(Cl)cc3)n2)cc1. The number of aromatic nitrogens is 2. The van der Waals surface area contributed by atoms with Crippen LogP contribution in [-0.4, -0.2) is 16.0 Å². The van der Waals surface area contributed by atoms with E-state index in [2.05, 4.69) is 15.5 Å². The number of carbonyl (C=O) groups is 1. The van der Waals surface area contributed by atoms with Gasteiger partial charge in [-0.05, 0) is 38.1 Å². The van der Waals surface area contributed by atoms with E-state index < -0.39 is 6.04 Å². The summed E-state index contributed by atoms with van der Waals surface area (Å²) < 4.78 is 5.27. The van der Waals surface area contributed by atoms with Gasteiger partial charge in [0.15, 0.2) is 0 Å². The lowest BCUT2D eigenvalue weighted by Gasteiger charge is -2.09. The summed E-state index contributed by atoms with van der Waals surface area (Å²) in [6.45, 7) is 3.81. The molecule has 2 aromatic carbocycles. The largest absolute Gasteiger partial charge is 0.341 e. The van der Waals surface area contributed by atoms with Crippen LogP contribution in [0.25, 0.3) is 11.4 Å². The Morgan fingerprint density at radius 2 is 1.79 bits per heavy atom. The van der Waals surface area contributed by atoms with Gasteiger partial charge in [0.05, 0.1) is 0 Å². The van der Waals surface area contributed by atoms with Crippen LogP contribution in [0.1, 0.15) is 34.8 Å². The van der Waals surface area contributed by atoms with E-state index in [4.69, 9.17) is 16.1 Å². The molecule has 3 aromatic rings.